The summed E-state index contributed by atoms with van der Waals surface area (Å²) in [5.41, 5.74) is 3.04. The van der Waals surface area contributed by atoms with E-state index in [4.69, 9.17) is 4.99 Å². The first-order valence-corrected chi connectivity index (χ1v) is 10.7. The van der Waals surface area contributed by atoms with E-state index < -0.39 is 0 Å². The van der Waals surface area contributed by atoms with Gasteiger partial charge in [0, 0.05) is 44.2 Å². The number of hydrogen-bond donors (Lipinski definition) is 2. The van der Waals surface area contributed by atoms with Crippen molar-refractivity contribution in [3.63, 3.8) is 0 Å². The molecule has 0 heterocycles. The predicted octanol–water partition coefficient (Wildman–Crippen LogP) is 3.41. The van der Waals surface area contributed by atoms with Crippen molar-refractivity contribution in [2.75, 3.05) is 33.4 Å². The molecule has 2 N–H and O–H groups in total. The number of aliphatic imine (C=N–C) groups is 1. The summed E-state index contributed by atoms with van der Waals surface area (Å²) in [5.74, 6) is 0.824. The van der Waals surface area contributed by atoms with Gasteiger partial charge in [-0.1, -0.05) is 24.3 Å². The lowest BCUT2D eigenvalue weighted by atomic mass is 10.1. The molecule has 28 heavy (non-hydrogen) atoms. The summed E-state index contributed by atoms with van der Waals surface area (Å²) in [6, 6.07) is 16.3. The molecule has 0 aliphatic heterocycles. The third-order valence-corrected chi connectivity index (χ3v) is 5.10. The van der Waals surface area contributed by atoms with Gasteiger partial charge in [0.2, 0.25) is 0 Å². The number of thioether (sulfide) groups is 1. The third kappa shape index (κ3) is 6.60. The molecule has 0 atom stereocenters. The summed E-state index contributed by atoms with van der Waals surface area (Å²) in [7, 11) is 3.70. The van der Waals surface area contributed by atoms with Gasteiger partial charge in [0.1, 0.15) is 0 Å². The maximum atomic E-state index is 11.8. The number of carbonyl (C=O) groups excluding carboxylic acids is 1. The lowest BCUT2D eigenvalue weighted by Crippen LogP contribution is -2.38. The Morgan fingerprint density at radius 2 is 1.89 bits per heavy atom. The first kappa shape index (κ1) is 21.8. The SMILES string of the molecule is CCNC(=NCCc1cccc(C(=O)NC)c1)N(C)Cc1ccc(SC)cc1. The average molecular weight is 399 g/mol. The van der Waals surface area contributed by atoms with Gasteiger partial charge in [0.05, 0.1) is 0 Å². The zero-order valence-electron chi connectivity index (χ0n) is 17.2. The van der Waals surface area contributed by atoms with Gasteiger partial charge in [-0.2, -0.15) is 0 Å². The number of carbonyl (C=O) groups is 1. The predicted molar refractivity (Wildman–Crippen MR) is 119 cm³/mol. The standard InChI is InChI=1S/C22H30N4OS/c1-5-24-22(26(3)16-18-9-11-20(28-4)12-10-18)25-14-13-17-7-6-8-19(15-17)21(27)23-2/h6-12,15H,5,13-14,16H2,1-4H3,(H,23,27)(H,24,25). The summed E-state index contributed by atoms with van der Waals surface area (Å²) in [6.07, 6.45) is 2.87. The zero-order chi connectivity index (χ0) is 20.4. The molecule has 6 heteroatoms. The van der Waals surface area contributed by atoms with E-state index in [1.165, 1.54) is 10.5 Å². The van der Waals surface area contributed by atoms with Crippen LogP contribution in [0, 0.1) is 0 Å². The van der Waals surface area contributed by atoms with Crippen LogP contribution in [0.1, 0.15) is 28.4 Å². The van der Waals surface area contributed by atoms with Crippen molar-refractivity contribution in [1.82, 2.24) is 15.5 Å². The number of hydrogen-bond acceptors (Lipinski definition) is 3. The lowest BCUT2D eigenvalue weighted by molar-refractivity contribution is 0.0963. The van der Waals surface area contributed by atoms with Crippen LogP contribution in [0.3, 0.4) is 0 Å². The van der Waals surface area contributed by atoms with Gasteiger partial charge in [0.15, 0.2) is 5.96 Å². The van der Waals surface area contributed by atoms with E-state index in [2.05, 4.69) is 60.0 Å². The lowest BCUT2D eigenvalue weighted by Gasteiger charge is -2.22. The highest BCUT2D eigenvalue weighted by Gasteiger charge is 2.07. The summed E-state index contributed by atoms with van der Waals surface area (Å²) >= 11 is 1.75. The maximum absolute atomic E-state index is 11.8. The van der Waals surface area contributed by atoms with Crippen LogP contribution >= 0.6 is 11.8 Å². The van der Waals surface area contributed by atoms with Crippen molar-refractivity contribution in [2.24, 2.45) is 4.99 Å². The van der Waals surface area contributed by atoms with Crippen LogP contribution in [0.5, 0.6) is 0 Å². The van der Waals surface area contributed by atoms with E-state index in [1.807, 2.05) is 24.3 Å². The van der Waals surface area contributed by atoms with Crippen LogP contribution in [0.25, 0.3) is 0 Å². The Hall–Kier alpha value is -2.47. The molecular formula is C22H30N4OS. The Bertz CT molecular complexity index is 789. The maximum Gasteiger partial charge on any atom is 0.251 e. The quantitative estimate of drug-likeness (QED) is 0.406. The van der Waals surface area contributed by atoms with Gasteiger partial charge < -0.3 is 15.5 Å². The molecule has 0 spiro atoms. The Kier molecular flexibility index (Phi) is 8.88. The van der Waals surface area contributed by atoms with E-state index in [0.717, 1.165) is 31.0 Å². The van der Waals surface area contributed by atoms with E-state index in [9.17, 15) is 4.79 Å². The number of rotatable bonds is 8. The normalized spacial score (nSPS) is 11.2. The molecule has 0 aliphatic rings. The van der Waals surface area contributed by atoms with Crippen molar-refractivity contribution in [3.8, 4) is 0 Å². The molecule has 5 nitrogen and oxygen atoms in total. The number of nitrogens with zero attached hydrogens (tertiary/aromatic N) is 2. The Morgan fingerprint density at radius 1 is 1.14 bits per heavy atom. The Morgan fingerprint density at radius 3 is 2.54 bits per heavy atom. The highest BCUT2D eigenvalue weighted by molar-refractivity contribution is 7.98. The van der Waals surface area contributed by atoms with Crippen LogP contribution in [0.2, 0.25) is 0 Å². The van der Waals surface area contributed by atoms with Crippen LogP contribution in [-0.2, 0) is 13.0 Å². The monoisotopic (exact) mass is 398 g/mol. The minimum atomic E-state index is -0.0640. The van der Waals surface area contributed by atoms with E-state index in [-0.39, 0.29) is 5.91 Å². The first-order valence-electron chi connectivity index (χ1n) is 9.50. The summed E-state index contributed by atoms with van der Waals surface area (Å²) in [4.78, 5) is 19.9. The molecule has 0 radical (unpaired) electrons. The molecule has 0 aromatic heterocycles. The molecule has 2 aromatic carbocycles. The van der Waals surface area contributed by atoms with Gasteiger partial charge in [-0.05, 0) is 55.0 Å². The molecule has 2 aromatic rings. The molecule has 0 saturated heterocycles. The highest BCUT2D eigenvalue weighted by atomic mass is 32.2. The molecule has 0 unspecified atom stereocenters. The topological polar surface area (TPSA) is 56.7 Å². The molecule has 1 amide bonds. The van der Waals surface area contributed by atoms with Crippen LogP contribution < -0.4 is 10.6 Å². The van der Waals surface area contributed by atoms with Crippen molar-refractivity contribution >= 4 is 23.6 Å². The zero-order valence-corrected chi connectivity index (χ0v) is 18.0. The highest BCUT2D eigenvalue weighted by Crippen LogP contribution is 2.15. The second-order valence-corrected chi connectivity index (χ2v) is 7.35. The molecule has 0 saturated carbocycles. The fourth-order valence-corrected chi connectivity index (χ4v) is 3.26. The largest absolute Gasteiger partial charge is 0.357 e. The van der Waals surface area contributed by atoms with Gasteiger partial charge in [-0.25, -0.2) is 0 Å². The van der Waals surface area contributed by atoms with Crippen LogP contribution in [0.15, 0.2) is 58.4 Å². The minimum Gasteiger partial charge on any atom is -0.357 e. The summed E-state index contributed by atoms with van der Waals surface area (Å²) in [5, 5.41) is 6.02. The van der Waals surface area contributed by atoms with Crippen LogP contribution in [0.4, 0.5) is 0 Å². The van der Waals surface area contributed by atoms with E-state index >= 15 is 0 Å². The molecule has 150 valence electrons. The van der Waals surface area contributed by atoms with E-state index in [1.54, 1.807) is 18.8 Å². The minimum absolute atomic E-state index is 0.0640. The second kappa shape index (κ2) is 11.4. The molecule has 0 bridgehead atoms. The molecule has 0 aliphatic carbocycles. The van der Waals surface area contributed by atoms with Gasteiger partial charge in [-0.3, -0.25) is 9.79 Å². The van der Waals surface area contributed by atoms with Gasteiger partial charge >= 0.3 is 0 Å². The first-order chi connectivity index (χ1) is 13.6. The number of amides is 1. The van der Waals surface area contributed by atoms with Crippen molar-refractivity contribution in [1.29, 1.82) is 0 Å². The van der Waals surface area contributed by atoms with Crippen molar-refractivity contribution in [3.05, 3.63) is 65.2 Å². The van der Waals surface area contributed by atoms with Gasteiger partial charge in [-0.15, -0.1) is 11.8 Å². The average Bonchev–Trinajstić information content (AvgIpc) is 2.73. The second-order valence-electron chi connectivity index (χ2n) is 6.47. The number of guanidine groups is 1. The number of benzene rings is 2. The van der Waals surface area contributed by atoms with Crippen LogP contribution in [-0.4, -0.2) is 50.2 Å². The van der Waals surface area contributed by atoms with E-state index in [0.29, 0.717) is 12.1 Å². The van der Waals surface area contributed by atoms with Gasteiger partial charge in [0.25, 0.3) is 5.91 Å². The molecule has 0 fully saturated rings. The summed E-state index contributed by atoms with van der Waals surface area (Å²) < 4.78 is 0. The third-order valence-electron chi connectivity index (χ3n) is 4.35. The fraction of sp³-hybridized carbons (Fsp3) is 0.364. The summed E-state index contributed by atoms with van der Waals surface area (Å²) in [6.45, 7) is 4.35. The molecular weight excluding hydrogens is 368 g/mol. The fourth-order valence-electron chi connectivity index (χ4n) is 2.85. The Balaban J connectivity index is 1.99. The van der Waals surface area contributed by atoms with Crippen molar-refractivity contribution in [2.45, 2.75) is 24.8 Å². The number of nitrogens with one attached hydrogen (secondary N) is 2. The van der Waals surface area contributed by atoms with Crippen molar-refractivity contribution < 1.29 is 4.79 Å². The molecule has 2 rings (SSSR count). The smallest absolute Gasteiger partial charge is 0.251 e. The Labute approximate surface area is 172 Å².